The van der Waals surface area contributed by atoms with E-state index in [0.717, 1.165) is 4.88 Å². The molecule has 1 N–H and O–H groups in total. The number of terminal acetylenes is 1. The van der Waals surface area contributed by atoms with E-state index in [4.69, 9.17) is 6.42 Å². The van der Waals surface area contributed by atoms with Crippen LogP contribution in [0.3, 0.4) is 0 Å². The zero-order valence-corrected chi connectivity index (χ0v) is 8.93. The van der Waals surface area contributed by atoms with E-state index >= 15 is 0 Å². The molecule has 14 heavy (non-hydrogen) atoms. The number of hydrogen-bond donors (Lipinski definition) is 1. The molecule has 1 aromatic heterocycles. The average Bonchev–Trinajstić information content (AvgIpc) is 2.56. The van der Waals surface area contributed by atoms with Crippen molar-refractivity contribution < 1.29 is 4.79 Å². The summed E-state index contributed by atoms with van der Waals surface area (Å²) < 4.78 is 0. The van der Waals surface area contributed by atoms with Crippen LogP contribution < -0.4 is 5.32 Å². The van der Waals surface area contributed by atoms with Crippen LogP contribution in [0.1, 0.15) is 18.2 Å². The van der Waals surface area contributed by atoms with Gasteiger partial charge in [0.2, 0.25) is 5.91 Å². The van der Waals surface area contributed by atoms with Crippen molar-refractivity contribution in [3.63, 3.8) is 0 Å². The first-order valence-electron chi connectivity index (χ1n) is 4.47. The van der Waals surface area contributed by atoms with E-state index < -0.39 is 0 Å². The van der Waals surface area contributed by atoms with Crippen LogP contribution in [-0.2, 0) is 11.2 Å². The molecule has 1 heterocycles. The number of hydrogen-bond acceptors (Lipinski definition) is 2. The lowest BCUT2D eigenvalue weighted by Gasteiger charge is -2.09. The van der Waals surface area contributed by atoms with E-state index in [0.29, 0.717) is 12.8 Å². The van der Waals surface area contributed by atoms with Gasteiger partial charge in [-0.15, -0.1) is 23.7 Å². The normalized spacial score (nSPS) is 11.7. The summed E-state index contributed by atoms with van der Waals surface area (Å²) in [5.41, 5.74) is 0. The Balaban J connectivity index is 2.33. The van der Waals surface area contributed by atoms with Crippen LogP contribution >= 0.6 is 11.3 Å². The predicted molar refractivity (Wildman–Crippen MR) is 59.1 cm³/mol. The van der Waals surface area contributed by atoms with Crippen molar-refractivity contribution in [2.24, 2.45) is 0 Å². The number of amides is 1. The number of rotatable bonds is 4. The molecule has 1 amide bonds. The minimum absolute atomic E-state index is 0.0372. The lowest BCUT2D eigenvalue weighted by atomic mass is 10.2. The standard InChI is InChI=1S/C11H13NOS/c1-3-5-9(2)12-11(13)8-10-6-4-7-14-10/h1,4,6-7,9H,5,8H2,2H3,(H,12,13). The fourth-order valence-corrected chi connectivity index (χ4v) is 1.83. The van der Waals surface area contributed by atoms with Crippen molar-refractivity contribution in [3.8, 4) is 12.3 Å². The van der Waals surface area contributed by atoms with Gasteiger partial charge in [0.05, 0.1) is 6.42 Å². The second-order valence-electron chi connectivity index (χ2n) is 3.13. The number of thiophene rings is 1. The molecule has 0 fully saturated rings. The third kappa shape index (κ3) is 3.63. The summed E-state index contributed by atoms with van der Waals surface area (Å²) in [6.07, 6.45) is 6.17. The van der Waals surface area contributed by atoms with Gasteiger partial charge in [-0.2, -0.15) is 0 Å². The summed E-state index contributed by atoms with van der Waals surface area (Å²) in [5, 5.41) is 4.81. The molecule has 0 aliphatic carbocycles. The molecule has 0 saturated carbocycles. The number of carbonyl (C=O) groups is 1. The maximum atomic E-state index is 11.4. The van der Waals surface area contributed by atoms with Crippen molar-refractivity contribution in [2.45, 2.75) is 25.8 Å². The molecule has 1 aromatic rings. The molecular formula is C11H13NOS. The Hall–Kier alpha value is -1.27. The molecule has 3 heteroatoms. The zero-order valence-electron chi connectivity index (χ0n) is 8.12. The lowest BCUT2D eigenvalue weighted by molar-refractivity contribution is -0.120. The van der Waals surface area contributed by atoms with Gasteiger partial charge in [-0.05, 0) is 18.4 Å². The topological polar surface area (TPSA) is 29.1 Å². The monoisotopic (exact) mass is 207 g/mol. The quantitative estimate of drug-likeness (QED) is 0.750. The van der Waals surface area contributed by atoms with Crippen molar-refractivity contribution in [2.75, 3.05) is 0 Å². The van der Waals surface area contributed by atoms with Gasteiger partial charge >= 0.3 is 0 Å². The summed E-state index contributed by atoms with van der Waals surface area (Å²) in [6, 6.07) is 3.96. The molecular weight excluding hydrogens is 194 g/mol. The highest BCUT2D eigenvalue weighted by Gasteiger charge is 2.07. The Morgan fingerprint density at radius 1 is 1.79 bits per heavy atom. The summed E-state index contributed by atoms with van der Waals surface area (Å²) in [4.78, 5) is 12.5. The second-order valence-corrected chi connectivity index (χ2v) is 4.17. The van der Waals surface area contributed by atoms with Crippen LogP contribution in [0, 0.1) is 12.3 Å². The largest absolute Gasteiger partial charge is 0.352 e. The molecule has 0 bridgehead atoms. The van der Waals surface area contributed by atoms with Gasteiger partial charge < -0.3 is 5.32 Å². The first-order valence-corrected chi connectivity index (χ1v) is 5.35. The van der Waals surface area contributed by atoms with E-state index in [1.807, 2.05) is 24.4 Å². The zero-order chi connectivity index (χ0) is 10.4. The van der Waals surface area contributed by atoms with Crippen molar-refractivity contribution in [1.82, 2.24) is 5.32 Å². The van der Waals surface area contributed by atoms with E-state index in [1.54, 1.807) is 11.3 Å². The van der Waals surface area contributed by atoms with Crippen LogP contribution in [0.2, 0.25) is 0 Å². The minimum atomic E-state index is 0.0372. The van der Waals surface area contributed by atoms with Gasteiger partial charge in [-0.25, -0.2) is 0 Å². The first-order chi connectivity index (χ1) is 6.72. The molecule has 0 radical (unpaired) electrons. The molecule has 0 aromatic carbocycles. The number of carbonyl (C=O) groups excluding carboxylic acids is 1. The van der Waals surface area contributed by atoms with Gasteiger partial charge in [0.25, 0.3) is 0 Å². The van der Waals surface area contributed by atoms with Gasteiger partial charge in [0, 0.05) is 17.3 Å². The summed E-state index contributed by atoms with van der Waals surface area (Å²) in [7, 11) is 0. The smallest absolute Gasteiger partial charge is 0.225 e. The van der Waals surface area contributed by atoms with Gasteiger partial charge in [-0.1, -0.05) is 6.07 Å². The molecule has 1 rings (SSSR count). The first kappa shape index (κ1) is 10.8. The molecule has 0 spiro atoms. The summed E-state index contributed by atoms with van der Waals surface area (Å²) >= 11 is 1.59. The molecule has 0 aliphatic rings. The van der Waals surface area contributed by atoms with Gasteiger partial charge in [-0.3, -0.25) is 4.79 Å². The Morgan fingerprint density at radius 3 is 3.14 bits per heavy atom. The van der Waals surface area contributed by atoms with Crippen molar-refractivity contribution >= 4 is 17.2 Å². The third-order valence-electron chi connectivity index (χ3n) is 1.75. The Kier molecular flexibility index (Phi) is 4.21. The maximum absolute atomic E-state index is 11.4. The van der Waals surface area contributed by atoms with Crippen molar-refractivity contribution in [3.05, 3.63) is 22.4 Å². The van der Waals surface area contributed by atoms with E-state index in [1.165, 1.54) is 0 Å². The summed E-state index contributed by atoms with van der Waals surface area (Å²) in [5.74, 6) is 2.56. The lowest BCUT2D eigenvalue weighted by Crippen LogP contribution is -2.33. The SMILES string of the molecule is C#CCC(C)NC(=O)Cc1cccs1. The molecule has 1 atom stereocenters. The second kappa shape index (κ2) is 5.46. The van der Waals surface area contributed by atoms with Crippen molar-refractivity contribution in [1.29, 1.82) is 0 Å². The Labute approximate surface area is 88.3 Å². The van der Waals surface area contributed by atoms with Crippen LogP contribution in [0.25, 0.3) is 0 Å². The van der Waals surface area contributed by atoms with Gasteiger partial charge in [0.1, 0.15) is 0 Å². The van der Waals surface area contributed by atoms with Crippen LogP contribution in [0.4, 0.5) is 0 Å². The number of nitrogens with one attached hydrogen (secondary N) is 1. The minimum Gasteiger partial charge on any atom is -0.352 e. The van der Waals surface area contributed by atoms with E-state index in [9.17, 15) is 4.79 Å². The predicted octanol–water partition coefficient (Wildman–Crippen LogP) is 1.82. The third-order valence-corrected chi connectivity index (χ3v) is 2.62. The fraction of sp³-hybridized carbons (Fsp3) is 0.364. The summed E-state index contributed by atoms with van der Waals surface area (Å²) in [6.45, 7) is 1.91. The van der Waals surface area contributed by atoms with Gasteiger partial charge in [0.15, 0.2) is 0 Å². The Morgan fingerprint density at radius 2 is 2.57 bits per heavy atom. The average molecular weight is 207 g/mol. The van der Waals surface area contributed by atoms with Crippen LogP contribution in [0.15, 0.2) is 17.5 Å². The highest BCUT2D eigenvalue weighted by molar-refractivity contribution is 7.10. The highest BCUT2D eigenvalue weighted by atomic mass is 32.1. The molecule has 0 aliphatic heterocycles. The maximum Gasteiger partial charge on any atom is 0.225 e. The highest BCUT2D eigenvalue weighted by Crippen LogP contribution is 2.08. The van der Waals surface area contributed by atoms with E-state index in [2.05, 4.69) is 11.2 Å². The molecule has 0 saturated heterocycles. The van der Waals surface area contributed by atoms with Crippen LogP contribution in [0.5, 0.6) is 0 Å². The molecule has 2 nitrogen and oxygen atoms in total. The fourth-order valence-electron chi connectivity index (χ4n) is 1.13. The Bertz CT molecular complexity index is 324. The molecule has 1 unspecified atom stereocenters. The molecule has 74 valence electrons. The van der Waals surface area contributed by atoms with Crippen LogP contribution in [-0.4, -0.2) is 11.9 Å². The van der Waals surface area contributed by atoms with E-state index in [-0.39, 0.29) is 11.9 Å².